The molecule has 1 aromatic rings. The number of hydrogen-bond acceptors (Lipinski definition) is 2. The predicted molar refractivity (Wildman–Crippen MR) is 92.6 cm³/mol. The van der Waals surface area contributed by atoms with Crippen LogP contribution in [0, 0.1) is 0 Å². The van der Waals surface area contributed by atoms with Gasteiger partial charge in [0.25, 0.3) is 0 Å². The highest BCUT2D eigenvalue weighted by Crippen LogP contribution is 2.29. The van der Waals surface area contributed by atoms with Crippen LogP contribution < -0.4 is 10.6 Å². The van der Waals surface area contributed by atoms with Crippen molar-refractivity contribution >= 4 is 17.6 Å². The fraction of sp³-hybridized carbons (Fsp3) is 0.588. The van der Waals surface area contributed by atoms with Crippen LogP contribution >= 0.6 is 11.6 Å². The fourth-order valence-corrected chi connectivity index (χ4v) is 3.01. The van der Waals surface area contributed by atoms with Crippen LogP contribution in [0.1, 0.15) is 38.2 Å². The number of guanidine groups is 1. The molecule has 3 N–H and O–H groups in total. The highest BCUT2D eigenvalue weighted by atomic mass is 35.5. The second-order valence-electron chi connectivity index (χ2n) is 5.89. The van der Waals surface area contributed by atoms with Crippen LogP contribution in [0.2, 0.25) is 5.02 Å². The molecule has 122 valence electrons. The zero-order chi connectivity index (χ0) is 15.8. The number of halogens is 1. The zero-order valence-electron chi connectivity index (χ0n) is 13.2. The Kier molecular flexibility index (Phi) is 6.52. The van der Waals surface area contributed by atoms with Crippen molar-refractivity contribution in [3.63, 3.8) is 0 Å². The van der Waals surface area contributed by atoms with E-state index in [-0.39, 0.29) is 0 Å². The van der Waals surface area contributed by atoms with Gasteiger partial charge < -0.3 is 15.7 Å². The van der Waals surface area contributed by atoms with E-state index < -0.39 is 5.60 Å². The van der Waals surface area contributed by atoms with E-state index in [0.29, 0.717) is 6.54 Å². The molecule has 1 aliphatic carbocycles. The van der Waals surface area contributed by atoms with Gasteiger partial charge in [-0.2, -0.15) is 0 Å². The Morgan fingerprint density at radius 1 is 1.27 bits per heavy atom. The molecule has 1 saturated carbocycles. The maximum atomic E-state index is 10.4. The molecule has 0 saturated heterocycles. The highest BCUT2D eigenvalue weighted by molar-refractivity contribution is 6.31. The molecule has 4 nitrogen and oxygen atoms in total. The average molecular weight is 324 g/mol. The maximum Gasteiger partial charge on any atom is 0.191 e. The van der Waals surface area contributed by atoms with E-state index in [1.165, 1.54) is 0 Å². The third-order valence-electron chi connectivity index (χ3n) is 4.05. The summed E-state index contributed by atoms with van der Waals surface area (Å²) in [6.07, 6.45) is 4.75. The van der Waals surface area contributed by atoms with Crippen LogP contribution in [0.25, 0.3) is 0 Å². The summed E-state index contributed by atoms with van der Waals surface area (Å²) in [6, 6.07) is 7.88. The lowest BCUT2D eigenvalue weighted by Crippen LogP contribution is -2.40. The molecule has 0 aliphatic heterocycles. The van der Waals surface area contributed by atoms with Crippen LogP contribution in [0.4, 0.5) is 0 Å². The number of rotatable bonds is 6. The first-order valence-electron chi connectivity index (χ1n) is 8.11. The summed E-state index contributed by atoms with van der Waals surface area (Å²) in [5.41, 5.74) is 0.521. The van der Waals surface area contributed by atoms with Crippen molar-refractivity contribution in [2.24, 2.45) is 4.99 Å². The van der Waals surface area contributed by atoms with Crippen molar-refractivity contribution in [2.45, 2.75) is 44.6 Å². The van der Waals surface area contributed by atoms with Crippen LogP contribution in [0.3, 0.4) is 0 Å². The van der Waals surface area contributed by atoms with E-state index in [9.17, 15) is 5.11 Å². The van der Waals surface area contributed by atoms with E-state index >= 15 is 0 Å². The molecular weight excluding hydrogens is 298 g/mol. The minimum atomic E-state index is -0.606. The third kappa shape index (κ3) is 5.18. The quantitative estimate of drug-likeness (QED) is 0.557. The van der Waals surface area contributed by atoms with Crippen LogP contribution in [0.15, 0.2) is 29.3 Å². The molecule has 2 rings (SSSR count). The van der Waals surface area contributed by atoms with Crippen molar-refractivity contribution in [3.05, 3.63) is 34.9 Å². The molecule has 0 spiro atoms. The molecule has 0 aromatic heterocycles. The number of nitrogens with one attached hydrogen (secondary N) is 2. The lowest BCUT2D eigenvalue weighted by atomic mass is 10.0. The first-order valence-corrected chi connectivity index (χ1v) is 8.49. The van der Waals surface area contributed by atoms with E-state index in [1.54, 1.807) is 0 Å². The van der Waals surface area contributed by atoms with Crippen LogP contribution in [-0.4, -0.2) is 36.3 Å². The van der Waals surface area contributed by atoms with E-state index in [4.69, 9.17) is 11.6 Å². The first-order chi connectivity index (χ1) is 10.6. The Bertz CT molecular complexity index is 498. The predicted octanol–water partition coefficient (Wildman–Crippen LogP) is 2.74. The summed E-state index contributed by atoms with van der Waals surface area (Å²) in [7, 11) is 0. The van der Waals surface area contributed by atoms with Gasteiger partial charge in [0.2, 0.25) is 0 Å². The van der Waals surface area contributed by atoms with Gasteiger partial charge in [-0.1, -0.05) is 42.6 Å². The molecule has 0 heterocycles. The second-order valence-corrected chi connectivity index (χ2v) is 6.30. The van der Waals surface area contributed by atoms with Gasteiger partial charge in [-0.3, -0.25) is 4.99 Å². The zero-order valence-corrected chi connectivity index (χ0v) is 14.0. The summed E-state index contributed by atoms with van der Waals surface area (Å²) in [5, 5.41) is 17.7. The van der Waals surface area contributed by atoms with Crippen molar-refractivity contribution in [1.29, 1.82) is 0 Å². The highest BCUT2D eigenvalue weighted by Gasteiger charge is 2.30. The Hall–Kier alpha value is -1.26. The lowest BCUT2D eigenvalue weighted by molar-refractivity contribution is 0.0574. The smallest absolute Gasteiger partial charge is 0.191 e. The second kappa shape index (κ2) is 8.39. The molecule has 0 atom stereocenters. The van der Waals surface area contributed by atoms with Gasteiger partial charge in [-0.15, -0.1) is 0 Å². The minimum Gasteiger partial charge on any atom is -0.388 e. The summed E-state index contributed by atoms with van der Waals surface area (Å²) >= 11 is 6.16. The van der Waals surface area contributed by atoms with Gasteiger partial charge in [-0.25, -0.2) is 0 Å². The number of hydrogen-bond donors (Lipinski definition) is 3. The Morgan fingerprint density at radius 2 is 2.00 bits per heavy atom. The standard InChI is InChI=1S/C17H26ClN3O/c1-2-19-16(21-13-17(22)10-5-6-11-17)20-12-9-14-7-3-4-8-15(14)18/h3-4,7-8,22H,2,5-6,9-13H2,1H3,(H2,19,20,21). The fourth-order valence-electron chi connectivity index (χ4n) is 2.78. The van der Waals surface area contributed by atoms with Crippen molar-refractivity contribution in [1.82, 2.24) is 10.6 Å². The number of nitrogens with zero attached hydrogens (tertiary/aromatic N) is 1. The largest absolute Gasteiger partial charge is 0.388 e. The van der Waals surface area contributed by atoms with Gasteiger partial charge in [0.1, 0.15) is 0 Å². The van der Waals surface area contributed by atoms with Gasteiger partial charge in [0.05, 0.1) is 12.1 Å². The van der Waals surface area contributed by atoms with Crippen LogP contribution in [0.5, 0.6) is 0 Å². The number of aliphatic imine (C=N–C) groups is 1. The van der Waals surface area contributed by atoms with E-state index in [2.05, 4.69) is 15.6 Å². The maximum absolute atomic E-state index is 10.4. The molecule has 1 aromatic carbocycles. The third-order valence-corrected chi connectivity index (χ3v) is 4.42. The normalized spacial score (nSPS) is 17.5. The molecule has 22 heavy (non-hydrogen) atoms. The van der Waals surface area contributed by atoms with Crippen molar-refractivity contribution < 1.29 is 5.11 Å². The molecule has 0 amide bonds. The van der Waals surface area contributed by atoms with Gasteiger partial charge in [0, 0.05) is 18.1 Å². The van der Waals surface area contributed by atoms with Gasteiger partial charge >= 0.3 is 0 Å². The number of benzene rings is 1. The van der Waals surface area contributed by atoms with Crippen LogP contribution in [-0.2, 0) is 6.42 Å². The SMILES string of the molecule is CCNC(=NCC1(O)CCCC1)NCCc1ccccc1Cl. The summed E-state index contributed by atoms with van der Waals surface area (Å²) < 4.78 is 0. The molecule has 0 unspecified atom stereocenters. The molecule has 0 radical (unpaired) electrons. The average Bonchev–Trinajstić information content (AvgIpc) is 2.94. The lowest BCUT2D eigenvalue weighted by Gasteiger charge is -2.20. The topological polar surface area (TPSA) is 56.7 Å². The first kappa shape index (κ1) is 17.1. The molecule has 1 aliphatic rings. The molecule has 0 bridgehead atoms. The monoisotopic (exact) mass is 323 g/mol. The summed E-state index contributed by atoms with van der Waals surface area (Å²) in [4.78, 5) is 4.53. The van der Waals surface area contributed by atoms with Gasteiger partial charge in [0.15, 0.2) is 5.96 Å². The molecule has 5 heteroatoms. The number of aliphatic hydroxyl groups is 1. The van der Waals surface area contributed by atoms with E-state index in [0.717, 1.165) is 61.7 Å². The summed E-state index contributed by atoms with van der Waals surface area (Å²) in [6.45, 7) is 4.06. The molecular formula is C17H26ClN3O. The Balaban J connectivity index is 1.84. The Labute approximate surface area is 138 Å². The minimum absolute atomic E-state index is 0.467. The van der Waals surface area contributed by atoms with E-state index in [1.807, 2.05) is 31.2 Å². The molecule has 1 fully saturated rings. The van der Waals surface area contributed by atoms with Crippen molar-refractivity contribution in [3.8, 4) is 0 Å². The summed E-state index contributed by atoms with van der Waals surface area (Å²) in [5.74, 6) is 0.759. The van der Waals surface area contributed by atoms with Crippen molar-refractivity contribution in [2.75, 3.05) is 19.6 Å². The Morgan fingerprint density at radius 3 is 2.68 bits per heavy atom. The van der Waals surface area contributed by atoms with Gasteiger partial charge in [-0.05, 0) is 37.8 Å².